The van der Waals surface area contributed by atoms with Crippen LogP contribution < -0.4 is 5.32 Å². The second-order valence-corrected chi connectivity index (χ2v) is 8.66. The summed E-state index contributed by atoms with van der Waals surface area (Å²) in [4.78, 5) is 11.9. The maximum atomic E-state index is 11.9. The van der Waals surface area contributed by atoms with Gasteiger partial charge >= 0.3 is 0 Å². The van der Waals surface area contributed by atoms with Crippen LogP contribution in [0.25, 0.3) is 0 Å². The molecule has 1 N–H and O–H groups in total. The Morgan fingerprint density at radius 3 is 1.88 bits per heavy atom. The molecule has 1 heterocycles. The molecule has 0 radical (unpaired) electrons. The third kappa shape index (κ3) is 6.80. The first-order chi connectivity index (χ1) is 8.13. The molecular formula is C13H23Br2NO. The number of rotatable bonds is 0. The van der Waals surface area contributed by atoms with Crippen molar-refractivity contribution in [2.75, 3.05) is 6.54 Å². The van der Waals surface area contributed by atoms with Crippen molar-refractivity contribution in [2.24, 2.45) is 0 Å². The van der Waals surface area contributed by atoms with Gasteiger partial charge in [-0.05, 0) is 12.8 Å². The molecule has 1 aliphatic heterocycles. The summed E-state index contributed by atoms with van der Waals surface area (Å²) in [5.74, 6) is 0.0783. The fraction of sp³-hybridized carbons (Fsp3) is 0.923. The molecule has 0 aromatic heterocycles. The van der Waals surface area contributed by atoms with Gasteiger partial charge in [0.25, 0.3) is 0 Å². The van der Waals surface area contributed by atoms with E-state index in [1.807, 2.05) is 0 Å². The highest BCUT2D eigenvalue weighted by molar-refractivity contribution is 9.25. The van der Waals surface area contributed by atoms with Gasteiger partial charge in [-0.25, -0.2) is 0 Å². The molecule has 0 atom stereocenters. The number of carbonyl (C=O) groups is 1. The number of amides is 1. The van der Waals surface area contributed by atoms with Gasteiger partial charge in [0.2, 0.25) is 5.91 Å². The van der Waals surface area contributed by atoms with Crippen molar-refractivity contribution in [2.45, 2.75) is 67.4 Å². The van der Waals surface area contributed by atoms with E-state index in [0.29, 0.717) is 0 Å². The Hall–Kier alpha value is 0.430. The molecule has 0 aliphatic carbocycles. The van der Waals surface area contributed by atoms with E-state index >= 15 is 0 Å². The summed E-state index contributed by atoms with van der Waals surface area (Å²) in [6.07, 6.45) is 12.2. The number of hydrogen-bond acceptors (Lipinski definition) is 1. The van der Waals surface area contributed by atoms with Gasteiger partial charge < -0.3 is 5.32 Å². The molecule has 1 fully saturated rings. The Labute approximate surface area is 122 Å². The minimum absolute atomic E-state index is 0.0783. The van der Waals surface area contributed by atoms with Gasteiger partial charge in [0.15, 0.2) is 3.23 Å². The summed E-state index contributed by atoms with van der Waals surface area (Å²) in [6, 6.07) is 0. The average Bonchev–Trinajstić information content (AvgIpc) is 2.29. The van der Waals surface area contributed by atoms with Crippen LogP contribution in [-0.2, 0) is 4.79 Å². The van der Waals surface area contributed by atoms with E-state index in [2.05, 4.69) is 37.2 Å². The van der Waals surface area contributed by atoms with Crippen molar-refractivity contribution < 1.29 is 4.79 Å². The van der Waals surface area contributed by atoms with Crippen molar-refractivity contribution in [3.05, 3.63) is 0 Å². The fourth-order valence-electron chi connectivity index (χ4n) is 2.15. The molecule has 0 spiro atoms. The molecule has 1 saturated heterocycles. The molecule has 1 amide bonds. The highest BCUT2D eigenvalue weighted by atomic mass is 79.9. The second-order valence-electron chi connectivity index (χ2n) is 4.89. The van der Waals surface area contributed by atoms with Crippen LogP contribution in [0.3, 0.4) is 0 Å². The largest absolute Gasteiger partial charge is 0.354 e. The van der Waals surface area contributed by atoms with Crippen LogP contribution in [-0.4, -0.2) is 15.7 Å². The minimum Gasteiger partial charge on any atom is -0.354 e. The minimum atomic E-state index is -0.551. The summed E-state index contributed by atoms with van der Waals surface area (Å²) in [5, 5.41) is 2.99. The predicted octanol–water partition coefficient (Wildman–Crippen LogP) is 4.50. The van der Waals surface area contributed by atoms with Crippen LogP contribution in [0.4, 0.5) is 0 Å². The monoisotopic (exact) mass is 367 g/mol. The smallest absolute Gasteiger partial charge is 0.247 e. The zero-order valence-corrected chi connectivity index (χ0v) is 13.6. The van der Waals surface area contributed by atoms with Crippen LogP contribution in [0.15, 0.2) is 0 Å². The first-order valence-corrected chi connectivity index (χ1v) is 8.38. The molecule has 1 aliphatic rings. The molecule has 0 unspecified atom stereocenters. The first-order valence-electron chi connectivity index (χ1n) is 6.79. The third-order valence-corrected chi connectivity index (χ3v) is 4.80. The van der Waals surface area contributed by atoms with Crippen LogP contribution in [0.2, 0.25) is 0 Å². The molecule has 1 rings (SSSR count). The zero-order chi connectivity index (χ0) is 12.6. The average molecular weight is 369 g/mol. The lowest BCUT2D eigenvalue weighted by molar-refractivity contribution is -0.121. The van der Waals surface area contributed by atoms with Crippen LogP contribution in [0.1, 0.15) is 64.2 Å². The predicted molar refractivity (Wildman–Crippen MR) is 79.8 cm³/mol. The number of hydrogen-bond donors (Lipinski definition) is 1. The molecule has 100 valence electrons. The number of alkyl halides is 2. The van der Waals surface area contributed by atoms with Gasteiger partial charge in [0, 0.05) is 6.54 Å². The Morgan fingerprint density at radius 1 is 0.824 bits per heavy atom. The Bertz CT molecular complexity index is 231. The number of nitrogens with one attached hydrogen (secondary N) is 1. The first kappa shape index (κ1) is 15.5. The summed E-state index contributed by atoms with van der Waals surface area (Å²) in [7, 11) is 0. The quantitative estimate of drug-likeness (QED) is 0.626. The van der Waals surface area contributed by atoms with E-state index in [0.717, 1.165) is 25.8 Å². The van der Waals surface area contributed by atoms with Gasteiger partial charge in [-0.3, -0.25) is 4.79 Å². The molecule has 2 nitrogen and oxygen atoms in total. The standard InChI is InChI=1S/C13H23Br2NO/c14-13(15)10-8-6-4-2-1-3-5-7-9-11-16-12(13)17/h1-11H2,(H,16,17). The van der Waals surface area contributed by atoms with E-state index in [1.54, 1.807) is 0 Å². The van der Waals surface area contributed by atoms with Crippen LogP contribution in [0.5, 0.6) is 0 Å². The Morgan fingerprint density at radius 2 is 1.29 bits per heavy atom. The van der Waals surface area contributed by atoms with Gasteiger partial charge in [0.05, 0.1) is 0 Å². The lowest BCUT2D eigenvalue weighted by Gasteiger charge is -2.20. The lowest BCUT2D eigenvalue weighted by atomic mass is 10.0. The van der Waals surface area contributed by atoms with E-state index in [1.165, 1.54) is 44.9 Å². The van der Waals surface area contributed by atoms with Gasteiger partial charge in [-0.1, -0.05) is 83.2 Å². The number of halogens is 2. The summed E-state index contributed by atoms with van der Waals surface area (Å²) in [5.41, 5.74) is 0. The fourth-order valence-corrected chi connectivity index (χ4v) is 3.00. The lowest BCUT2D eigenvalue weighted by Crippen LogP contribution is -2.38. The van der Waals surface area contributed by atoms with Gasteiger partial charge in [-0.2, -0.15) is 0 Å². The second kappa shape index (κ2) is 8.52. The Kier molecular flexibility index (Phi) is 7.76. The van der Waals surface area contributed by atoms with Crippen molar-refractivity contribution in [3.8, 4) is 0 Å². The highest BCUT2D eigenvalue weighted by Crippen LogP contribution is 2.32. The number of carbonyl (C=O) groups excluding carboxylic acids is 1. The van der Waals surface area contributed by atoms with Crippen molar-refractivity contribution in [1.82, 2.24) is 5.32 Å². The van der Waals surface area contributed by atoms with E-state index in [9.17, 15) is 4.79 Å². The molecule has 0 saturated carbocycles. The molecule has 0 aromatic carbocycles. The van der Waals surface area contributed by atoms with E-state index in [-0.39, 0.29) is 5.91 Å². The Balaban J connectivity index is 2.37. The molecule has 0 bridgehead atoms. The summed E-state index contributed by atoms with van der Waals surface area (Å²) >= 11 is 6.97. The van der Waals surface area contributed by atoms with Crippen molar-refractivity contribution in [3.63, 3.8) is 0 Å². The topological polar surface area (TPSA) is 29.1 Å². The zero-order valence-electron chi connectivity index (χ0n) is 10.4. The van der Waals surface area contributed by atoms with E-state index < -0.39 is 3.23 Å². The molecule has 17 heavy (non-hydrogen) atoms. The molecule has 4 heteroatoms. The molecular weight excluding hydrogens is 346 g/mol. The normalized spacial score (nSPS) is 24.7. The van der Waals surface area contributed by atoms with Crippen molar-refractivity contribution >= 4 is 37.8 Å². The highest BCUT2D eigenvalue weighted by Gasteiger charge is 2.31. The molecule has 0 aromatic rings. The van der Waals surface area contributed by atoms with Crippen LogP contribution in [0, 0.1) is 0 Å². The maximum absolute atomic E-state index is 11.9. The third-order valence-electron chi connectivity index (χ3n) is 3.29. The summed E-state index contributed by atoms with van der Waals surface area (Å²) < 4.78 is -0.551. The van der Waals surface area contributed by atoms with Crippen LogP contribution >= 0.6 is 31.9 Å². The summed E-state index contributed by atoms with van der Waals surface area (Å²) in [6.45, 7) is 0.803. The SMILES string of the molecule is O=C1NCCCCCCCCCCCC1(Br)Br. The van der Waals surface area contributed by atoms with Gasteiger partial charge in [-0.15, -0.1) is 0 Å². The van der Waals surface area contributed by atoms with Crippen molar-refractivity contribution in [1.29, 1.82) is 0 Å². The van der Waals surface area contributed by atoms with E-state index in [4.69, 9.17) is 0 Å². The van der Waals surface area contributed by atoms with Gasteiger partial charge in [0.1, 0.15) is 0 Å². The maximum Gasteiger partial charge on any atom is 0.247 e.